The van der Waals surface area contributed by atoms with Gasteiger partial charge in [-0.05, 0) is 32.4 Å². The Kier molecular flexibility index (Phi) is 4.95. The van der Waals surface area contributed by atoms with Gasteiger partial charge in [-0.15, -0.1) is 0 Å². The van der Waals surface area contributed by atoms with Crippen molar-refractivity contribution < 1.29 is 4.79 Å². The molecule has 2 unspecified atom stereocenters. The molecule has 1 aliphatic rings. The molecule has 96 valence electrons. The van der Waals surface area contributed by atoms with E-state index in [1.165, 1.54) is 0 Å². The summed E-state index contributed by atoms with van der Waals surface area (Å²) in [4.78, 5) is 16.2. The van der Waals surface area contributed by atoms with Crippen LogP contribution in [-0.4, -0.2) is 48.9 Å². The van der Waals surface area contributed by atoms with Crippen molar-refractivity contribution >= 4 is 5.91 Å². The third-order valence-corrected chi connectivity index (χ3v) is 3.57. The number of nitriles is 1. The fourth-order valence-electron chi connectivity index (χ4n) is 2.34. The van der Waals surface area contributed by atoms with Crippen molar-refractivity contribution in [2.75, 3.05) is 27.2 Å². The highest BCUT2D eigenvalue weighted by atomic mass is 16.2. The standard InChI is InChI=1S/C13H23N3O/c1-10(2)12(8-14)13(17)16(4)11-6-5-7-15(3)9-11/h10-12H,5-7,9H2,1-4H3. The van der Waals surface area contributed by atoms with E-state index >= 15 is 0 Å². The molecule has 1 aliphatic heterocycles. The zero-order valence-electron chi connectivity index (χ0n) is 11.3. The zero-order valence-corrected chi connectivity index (χ0v) is 11.3. The third-order valence-electron chi connectivity index (χ3n) is 3.57. The van der Waals surface area contributed by atoms with Crippen LogP contribution in [0.15, 0.2) is 0 Å². The van der Waals surface area contributed by atoms with E-state index in [1.54, 1.807) is 4.90 Å². The van der Waals surface area contributed by atoms with Crippen LogP contribution < -0.4 is 0 Å². The first kappa shape index (κ1) is 14.0. The topological polar surface area (TPSA) is 47.3 Å². The summed E-state index contributed by atoms with van der Waals surface area (Å²) in [5, 5.41) is 9.06. The monoisotopic (exact) mass is 237 g/mol. The van der Waals surface area contributed by atoms with Crippen molar-refractivity contribution in [3.63, 3.8) is 0 Å². The molecule has 4 nitrogen and oxygen atoms in total. The normalized spacial score (nSPS) is 23.2. The first-order chi connectivity index (χ1) is 7.97. The number of hydrogen-bond donors (Lipinski definition) is 0. The number of likely N-dealkylation sites (tertiary alicyclic amines) is 1. The Bertz CT molecular complexity index is 308. The lowest BCUT2D eigenvalue weighted by Gasteiger charge is -2.37. The van der Waals surface area contributed by atoms with Crippen LogP contribution >= 0.6 is 0 Å². The molecular formula is C13H23N3O. The third kappa shape index (κ3) is 3.44. The molecule has 0 saturated carbocycles. The maximum atomic E-state index is 12.2. The van der Waals surface area contributed by atoms with Crippen LogP contribution in [0.25, 0.3) is 0 Å². The number of rotatable bonds is 3. The molecular weight excluding hydrogens is 214 g/mol. The number of nitrogens with zero attached hydrogens (tertiary/aromatic N) is 3. The van der Waals surface area contributed by atoms with Gasteiger partial charge in [-0.25, -0.2) is 0 Å². The Hall–Kier alpha value is -1.08. The molecule has 1 fully saturated rings. The summed E-state index contributed by atoms with van der Waals surface area (Å²) in [5.41, 5.74) is 0. The largest absolute Gasteiger partial charge is 0.340 e. The molecule has 0 N–H and O–H groups in total. The molecule has 1 saturated heterocycles. The van der Waals surface area contributed by atoms with Gasteiger partial charge in [-0.3, -0.25) is 4.79 Å². The van der Waals surface area contributed by atoms with E-state index in [9.17, 15) is 4.79 Å². The lowest BCUT2D eigenvalue weighted by molar-refractivity contribution is -0.136. The summed E-state index contributed by atoms with van der Waals surface area (Å²) < 4.78 is 0. The van der Waals surface area contributed by atoms with Gasteiger partial charge in [0.25, 0.3) is 0 Å². The van der Waals surface area contributed by atoms with Gasteiger partial charge in [-0.1, -0.05) is 13.8 Å². The van der Waals surface area contributed by atoms with Gasteiger partial charge in [0.1, 0.15) is 5.92 Å². The molecule has 0 aromatic rings. The van der Waals surface area contributed by atoms with Gasteiger partial charge in [-0.2, -0.15) is 5.26 Å². The molecule has 1 rings (SSSR count). The predicted octanol–water partition coefficient (Wildman–Crippen LogP) is 1.33. The molecule has 17 heavy (non-hydrogen) atoms. The summed E-state index contributed by atoms with van der Waals surface area (Å²) in [6, 6.07) is 2.39. The average Bonchev–Trinajstić information content (AvgIpc) is 2.28. The highest BCUT2D eigenvalue weighted by Crippen LogP contribution is 2.18. The molecule has 1 amide bonds. The minimum Gasteiger partial charge on any atom is -0.340 e. The van der Waals surface area contributed by atoms with Gasteiger partial charge >= 0.3 is 0 Å². The van der Waals surface area contributed by atoms with Crippen molar-refractivity contribution in [3.05, 3.63) is 0 Å². The fraction of sp³-hybridized carbons (Fsp3) is 0.846. The molecule has 4 heteroatoms. The van der Waals surface area contributed by atoms with Crippen LogP contribution in [0.5, 0.6) is 0 Å². The number of hydrogen-bond acceptors (Lipinski definition) is 3. The Morgan fingerprint density at radius 1 is 1.53 bits per heavy atom. The molecule has 0 aromatic heterocycles. The van der Waals surface area contributed by atoms with Crippen LogP contribution in [0, 0.1) is 23.2 Å². The minimum atomic E-state index is -0.507. The summed E-state index contributed by atoms with van der Waals surface area (Å²) >= 11 is 0. The van der Waals surface area contributed by atoms with Gasteiger partial charge in [0.05, 0.1) is 6.07 Å². The van der Waals surface area contributed by atoms with Crippen LogP contribution in [0.1, 0.15) is 26.7 Å². The van der Waals surface area contributed by atoms with E-state index in [0.29, 0.717) is 0 Å². The second-order valence-corrected chi connectivity index (χ2v) is 5.36. The van der Waals surface area contributed by atoms with Gasteiger partial charge in [0, 0.05) is 19.6 Å². The zero-order chi connectivity index (χ0) is 13.0. The lowest BCUT2D eigenvalue weighted by Crippen LogP contribution is -2.49. The Morgan fingerprint density at radius 2 is 2.18 bits per heavy atom. The summed E-state index contributed by atoms with van der Waals surface area (Å²) in [6.07, 6.45) is 2.17. The van der Waals surface area contributed by atoms with E-state index < -0.39 is 5.92 Å². The van der Waals surface area contributed by atoms with Gasteiger partial charge in [0.15, 0.2) is 0 Å². The predicted molar refractivity (Wildman–Crippen MR) is 67.2 cm³/mol. The Balaban J connectivity index is 2.65. The smallest absolute Gasteiger partial charge is 0.240 e. The highest BCUT2D eigenvalue weighted by molar-refractivity contribution is 5.81. The summed E-state index contributed by atoms with van der Waals surface area (Å²) in [7, 11) is 3.91. The van der Waals surface area contributed by atoms with Gasteiger partial charge < -0.3 is 9.80 Å². The average molecular weight is 237 g/mol. The lowest BCUT2D eigenvalue weighted by atomic mass is 9.94. The molecule has 0 aromatic carbocycles. The van der Waals surface area contributed by atoms with Crippen molar-refractivity contribution in [3.8, 4) is 6.07 Å². The van der Waals surface area contributed by atoms with Crippen molar-refractivity contribution in [2.45, 2.75) is 32.7 Å². The van der Waals surface area contributed by atoms with E-state index in [2.05, 4.69) is 18.0 Å². The van der Waals surface area contributed by atoms with E-state index in [-0.39, 0.29) is 17.9 Å². The minimum absolute atomic E-state index is 0.0252. The quantitative estimate of drug-likeness (QED) is 0.744. The van der Waals surface area contributed by atoms with E-state index in [4.69, 9.17) is 5.26 Å². The highest BCUT2D eigenvalue weighted by Gasteiger charge is 2.30. The Morgan fingerprint density at radius 3 is 2.65 bits per heavy atom. The second kappa shape index (κ2) is 6.02. The number of carbonyl (C=O) groups excluding carboxylic acids is 1. The van der Waals surface area contributed by atoms with Crippen LogP contribution in [-0.2, 0) is 4.79 Å². The van der Waals surface area contributed by atoms with Crippen LogP contribution in [0.3, 0.4) is 0 Å². The number of likely N-dealkylation sites (N-methyl/N-ethyl adjacent to an activating group) is 2. The Labute approximate surface area is 104 Å². The molecule has 0 radical (unpaired) electrons. The number of amides is 1. The first-order valence-electron chi connectivity index (χ1n) is 6.32. The second-order valence-electron chi connectivity index (χ2n) is 5.36. The number of carbonyl (C=O) groups is 1. The van der Waals surface area contributed by atoms with Crippen LogP contribution in [0.4, 0.5) is 0 Å². The van der Waals surface area contributed by atoms with Crippen LogP contribution in [0.2, 0.25) is 0 Å². The first-order valence-corrected chi connectivity index (χ1v) is 6.32. The summed E-state index contributed by atoms with van der Waals surface area (Å²) in [5.74, 6) is -0.452. The van der Waals surface area contributed by atoms with Crippen molar-refractivity contribution in [2.24, 2.45) is 11.8 Å². The molecule has 0 aliphatic carbocycles. The maximum absolute atomic E-state index is 12.2. The maximum Gasteiger partial charge on any atom is 0.240 e. The molecule has 2 atom stereocenters. The van der Waals surface area contributed by atoms with Crippen molar-refractivity contribution in [1.82, 2.24) is 9.80 Å². The van der Waals surface area contributed by atoms with Crippen molar-refractivity contribution in [1.29, 1.82) is 5.26 Å². The summed E-state index contributed by atoms with van der Waals surface area (Å²) in [6.45, 7) is 5.86. The molecule has 0 bridgehead atoms. The number of piperidine rings is 1. The van der Waals surface area contributed by atoms with Gasteiger partial charge in [0.2, 0.25) is 5.91 Å². The van der Waals surface area contributed by atoms with E-state index in [0.717, 1.165) is 25.9 Å². The SMILES string of the molecule is CC(C)C(C#N)C(=O)N(C)C1CCCN(C)C1. The van der Waals surface area contributed by atoms with E-state index in [1.807, 2.05) is 20.9 Å². The fourth-order valence-corrected chi connectivity index (χ4v) is 2.34. The molecule has 1 heterocycles. The molecule has 0 spiro atoms.